The van der Waals surface area contributed by atoms with Crippen LogP contribution >= 0.6 is 0 Å². The first-order valence-electron chi connectivity index (χ1n) is 11.2. The van der Waals surface area contributed by atoms with Gasteiger partial charge in [0, 0.05) is 31.9 Å². The number of benzene rings is 1. The minimum absolute atomic E-state index is 0.463. The van der Waals surface area contributed by atoms with Gasteiger partial charge in [0.05, 0.1) is 26.4 Å². The molecule has 1 aromatic heterocycles. The summed E-state index contributed by atoms with van der Waals surface area (Å²) >= 11 is 0. The Morgan fingerprint density at radius 2 is 1.65 bits per heavy atom. The number of para-hydroxylation sites is 1. The highest BCUT2D eigenvalue weighted by molar-refractivity contribution is 5.55. The van der Waals surface area contributed by atoms with E-state index in [0.29, 0.717) is 63.4 Å². The van der Waals surface area contributed by atoms with E-state index in [-0.39, 0.29) is 0 Å². The van der Waals surface area contributed by atoms with E-state index in [4.69, 9.17) is 15.2 Å². The zero-order chi connectivity index (χ0) is 21.7. The Morgan fingerprint density at radius 1 is 0.935 bits per heavy atom. The van der Waals surface area contributed by atoms with Crippen LogP contribution in [0.1, 0.15) is 32.1 Å². The van der Waals surface area contributed by atoms with E-state index < -0.39 is 0 Å². The van der Waals surface area contributed by atoms with Gasteiger partial charge in [-0.1, -0.05) is 37.5 Å². The summed E-state index contributed by atoms with van der Waals surface area (Å²) in [5.74, 6) is 1.74. The smallest absolute Gasteiger partial charge is 0.233 e. The Balaban J connectivity index is 1.61. The number of rotatable bonds is 13. The number of nitrogens with two attached hydrogens (primary N) is 1. The Bertz CT molecular complexity index is 757. The van der Waals surface area contributed by atoms with Gasteiger partial charge in [-0.05, 0) is 25.0 Å². The molecule has 0 radical (unpaired) electrons. The van der Waals surface area contributed by atoms with Crippen LogP contribution in [0.25, 0.3) is 0 Å². The summed E-state index contributed by atoms with van der Waals surface area (Å²) in [5.41, 5.74) is 6.33. The second kappa shape index (κ2) is 13.0. The molecule has 1 aliphatic carbocycles. The molecule has 0 bridgehead atoms. The number of hydrogen-bond donors (Lipinski definition) is 3. The second-order valence-electron chi connectivity index (χ2n) is 7.62. The molecule has 1 aromatic carbocycles. The highest BCUT2D eigenvalue weighted by Crippen LogP contribution is 2.25. The highest BCUT2D eigenvalue weighted by Gasteiger charge is 2.21. The molecule has 2 aromatic rings. The maximum atomic E-state index is 5.58. The minimum atomic E-state index is 0.463. The second-order valence-corrected chi connectivity index (χ2v) is 7.62. The molecule has 4 N–H and O–H groups in total. The van der Waals surface area contributed by atoms with Crippen LogP contribution in [-0.4, -0.2) is 67.6 Å². The van der Waals surface area contributed by atoms with Crippen LogP contribution in [0, 0.1) is 0 Å². The minimum Gasteiger partial charge on any atom is -0.378 e. The van der Waals surface area contributed by atoms with E-state index in [2.05, 4.69) is 37.5 Å². The topological polar surface area (TPSA) is 110 Å². The molecule has 3 rings (SSSR count). The molecule has 31 heavy (non-hydrogen) atoms. The molecule has 1 fully saturated rings. The van der Waals surface area contributed by atoms with Crippen molar-refractivity contribution in [3.63, 3.8) is 0 Å². The number of nitrogens with one attached hydrogen (secondary N) is 2. The molecule has 0 atom stereocenters. The van der Waals surface area contributed by atoms with Crippen molar-refractivity contribution < 1.29 is 9.47 Å². The molecule has 9 heteroatoms. The predicted molar refractivity (Wildman–Crippen MR) is 124 cm³/mol. The summed E-state index contributed by atoms with van der Waals surface area (Å²) in [7, 11) is 2.08. The molecule has 0 unspecified atom stereocenters. The highest BCUT2D eigenvalue weighted by atomic mass is 16.5. The lowest BCUT2D eigenvalue weighted by Crippen LogP contribution is -2.35. The van der Waals surface area contributed by atoms with Crippen LogP contribution in [-0.2, 0) is 9.47 Å². The Morgan fingerprint density at radius 3 is 2.39 bits per heavy atom. The van der Waals surface area contributed by atoms with Crippen molar-refractivity contribution in [3.05, 3.63) is 30.3 Å². The van der Waals surface area contributed by atoms with E-state index in [1.54, 1.807) is 0 Å². The number of anilines is 4. The molecule has 9 nitrogen and oxygen atoms in total. The summed E-state index contributed by atoms with van der Waals surface area (Å²) in [6.45, 7) is 3.30. The number of nitrogens with zero attached hydrogens (tertiary/aromatic N) is 4. The van der Waals surface area contributed by atoms with Crippen LogP contribution in [0.3, 0.4) is 0 Å². The van der Waals surface area contributed by atoms with E-state index in [0.717, 1.165) is 5.69 Å². The van der Waals surface area contributed by atoms with Gasteiger partial charge in [-0.15, -0.1) is 0 Å². The largest absolute Gasteiger partial charge is 0.378 e. The van der Waals surface area contributed by atoms with Crippen LogP contribution in [0.4, 0.5) is 23.5 Å². The third-order valence-electron chi connectivity index (χ3n) is 5.26. The predicted octanol–water partition coefficient (Wildman–Crippen LogP) is 2.79. The van der Waals surface area contributed by atoms with Gasteiger partial charge in [0.25, 0.3) is 0 Å². The zero-order valence-electron chi connectivity index (χ0n) is 18.4. The molecular formula is C22H35N7O2. The van der Waals surface area contributed by atoms with Crippen molar-refractivity contribution in [2.75, 3.05) is 62.1 Å². The lowest BCUT2D eigenvalue weighted by molar-refractivity contribution is 0.0547. The molecule has 0 spiro atoms. The van der Waals surface area contributed by atoms with Gasteiger partial charge in [0.1, 0.15) is 0 Å². The fourth-order valence-corrected chi connectivity index (χ4v) is 3.58. The van der Waals surface area contributed by atoms with Gasteiger partial charge in [-0.2, -0.15) is 15.0 Å². The normalized spacial score (nSPS) is 14.4. The third-order valence-corrected chi connectivity index (χ3v) is 5.26. The summed E-state index contributed by atoms with van der Waals surface area (Å²) in [5, 5.41) is 6.54. The molecule has 0 amide bonds. The maximum absolute atomic E-state index is 5.58. The first-order chi connectivity index (χ1) is 15.3. The molecule has 0 saturated heterocycles. The SMILES string of the molecule is CN(c1nc(NCCOCCOCCN)nc(Nc2ccccc2)n1)C1CCCCC1. The third kappa shape index (κ3) is 7.93. The van der Waals surface area contributed by atoms with Crippen molar-refractivity contribution >= 4 is 23.5 Å². The van der Waals surface area contributed by atoms with Crippen molar-refractivity contribution in [2.24, 2.45) is 5.73 Å². The van der Waals surface area contributed by atoms with Crippen molar-refractivity contribution in [2.45, 2.75) is 38.1 Å². The average Bonchev–Trinajstić information content (AvgIpc) is 2.81. The molecule has 0 aliphatic heterocycles. The van der Waals surface area contributed by atoms with Crippen molar-refractivity contribution in [3.8, 4) is 0 Å². The summed E-state index contributed by atoms with van der Waals surface area (Å²) in [6, 6.07) is 10.4. The maximum Gasteiger partial charge on any atom is 0.233 e. The molecule has 170 valence electrons. The standard InChI is InChI=1S/C22H35N7O2/c1-29(19-10-6-3-7-11-19)22-27-20(24-13-15-31-17-16-30-14-12-23)26-21(28-22)25-18-8-4-2-5-9-18/h2,4-5,8-9,19H,3,6-7,10-17,23H2,1H3,(H2,24,25,26,27,28). The lowest BCUT2D eigenvalue weighted by Gasteiger charge is -2.31. The van der Waals surface area contributed by atoms with Crippen LogP contribution in [0.2, 0.25) is 0 Å². The van der Waals surface area contributed by atoms with Crippen LogP contribution in [0.15, 0.2) is 30.3 Å². The van der Waals surface area contributed by atoms with Gasteiger partial charge < -0.3 is 30.7 Å². The number of hydrogen-bond acceptors (Lipinski definition) is 9. The summed E-state index contributed by atoms with van der Waals surface area (Å²) < 4.78 is 10.9. The van der Waals surface area contributed by atoms with Gasteiger partial charge in [0.2, 0.25) is 17.8 Å². The molecule has 1 saturated carbocycles. The summed E-state index contributed by atoms with van der Waals surface area (Å²) in [4.78, 5) is 16.1. The van der Waals surface area contributed by atoms with Crippen LogP contribution in [0.5, 0.6) is 0 Å². The molecule has 1 aliphatic rings. The van der Waals surface area contributed by atoms with Crippen molar-refractivity contribution in [1.82, 2.24) is 15.0 Å². The molecule has 1 heterocycles. The Hall–Kier alpha value is -2.49. The van der Waals surface area contributed by atoms with Gasteiger partial charge >= 0.3 is 0 Å². The summed E-state index contributed by atoms with van der Waals surface area (Å²) in [6.07, 6.45) is 6.17. The average molecular weight is 430 g/mol. The Kier molecular flexibility index (Phi) is 9.75. The zero-order valence-corrected chi connectivity index (χ0v) is 18.4. The quantitative estimate of drug-likeness (QED) is 0.414. The first kappa shape index (κ1) is 23.2. The van der Waals surface area contributed by atoms with Gasteiger partial charge in [-0.25, -0.2) is 0 Å². The monoisotopic (exact) mass is 429 g/mol. The van der Waals surface area contributed by atoms with E-state index in [1.807, 2.05) is 30.3 Å². The van der Waals surface area contributed by atoms with Crippen molar-refractivity contribution in [1.29, 1.82) is 0 Å². The first-order valence-corrected chi connectivity index (χ1v) is 11.2. The fraction of sp³-hybridized carbons (Fsp3) is 0.591. The fourth-order valence-electron chi connectivity index (χ4n) is 3.58. The van der Waals surface area contributed by atoms with E-state index in [9.17, 15) is 0 Å². The Labute approximate surface area is 184 Å². The van der Waals surface area contributed by atoms with Crippen LogP contribution < -0.4 is 21.3 Å². The number of ether oxygens (including phenoxy) is 2. The lowest BCUT2D eigenvalue weighted by atomic mass is 9.95. The van der Waals surface area contributed by atoms with Gasteiger partial charge in [-0.3, -0.25) is 0 Å². The van der Waals surface area contributed by atoms with Gasteiger partial charge in [0.15, 0.2) is 0 Å². The van der Waals surface area contributed by atoms with E-state index >= 15 is 0 Å². The molecular weight excluding hydrogens is 394 g/mol. The number of aromatic nitrogens is 3. The van der Waals surface area contributed by atoms with E-state index in [1.165, 1.54) is 32.1 Å².